The third kappa shape index (κ3) is 3.38. The first kappa shape index (κ1) is 14.4. The Kier molecular flexibility index (Phi) is 4.44. The van der Waals surface area contributed by atoms with E-state index in [4.69, 9.17) is 5.10 Å². The molecule has 4 nitrogen and oxygen atoms in total. The zero-order valence-electron chi connectivity index (χ0n) is 12.8. The number of aromatic nitrogens is 3. The summed E-state index contributed by atoms with van der Waals surface area (Å²) in [7, 11) is 0. The van der Waals surface area contributed by atoms with Gasteiger partial charge in [-0.05, 0) is 37.0 Å². The van der Waals surface area contributed by atoms with Crippen molar-refractivity contribution in [3.8, 4) is 0 Å². The normalized spacial score (nSPS) is 18.0. The van der Waals surface area contributed by atoms with Gasteiger partial charge in [-0.2, -0.15) is 5.10 Å². The summed E-state index contributed by atoms with van der Waals surface area (Å²) in [6.45, 7) is 2.77. The fourth-order valence-corrected chi connectivity index (χ4v) is 3.19. The molecule has 1 fully saturated rings. The number of rotatable bonds is 5. The molecule has 1 aliphatic carbocycles. The molecule has 114 valence electrons. The van der Waals surface area contributed by atoms with Gasteiger partial charge in [-0.3, -0.25) is 4.68 Å². The first-order chi connectivity index (χ1) is 10.3. The molecule has 2 aromatic rings. The highest BCUT2D eigenvalue weighted by molar-refractivity contribution is 5.14. The van der Waals surface area contributed by atoms with E-state index < -0.39 is 0 Å². The Hall–Kier alpha value is -1.55. The van der Waals surface area contributed by atoms with Crippen molar-refractivity contribution in [2.75, 3.05) is 0 Å². The van der Waals surface area contributed by atoms with Crippen LogP contribution in [-0.4, -0.2) is 19.5 Å². The van der Waals surface area contributed by atoms with E-state index in [0.717, 1.165) is 24.2 Å². The molecule has 0 amide bonds. The molecule has 2 aromatic heterocycles. The third-order valence-corrected chi connectivity index (χ3v) is 4.50. The molecule has 0 saturated heterocycles. The van der Waals surface area contributed by atoms with Crippen LogP contribution < -0.4 is 0 Å². The van der Waals surface area contributed by atoms with Gasteiger partial charge in [0.15, 0.2) is 0 Å². The van der Waals surface area contributed by atoms with Crippen LogP contribution in [0, 0.1) is 0 Å². The van der Waals surface area contributed by atoms with Gasteiger partial charge in [-0.1, -0.05) is 26.2 Å². The maximum absolute atomic E-state index is 9.85. The second-order valence-electron chi connectivity index (χ2n) is 6.12. The summed E-state index contributed by atoms with van der Waals surface area (Å²) in [5.41, 5.74) is 2.08. The average Bonchev–Trinajstić information content (AvgIpc) is 3.17. The van der Waals surface area contributed by atoms with Crippen molar-refractivity contribution in [3.05, 3.63) is 42.0 Å². The van der Waals surface area contributed by atoms with E-state index in [1.165, 1.54) is 32.1 Å². The van der Waals surface area contributed by atoms with Crippen LogP contribution in [0.25, 0.3) is 0 Å². The van der Waals surface area contributed by atoms with Crippen molar-refractivity contribution in [1.82, 2.24) is 14.3 Å². The number of aliphatic hydroxyl groups excluding tert-OH is 1. The van der Waals surface area contributed by atoms with Gasteiger partial charge < -0.3 is 9.67 Å². The van der Waals surface area contributed by atoms with Crippen molar-refractivity contribution in [3.63, 3.8) is 0 Å². The number of nitrogens with zero attached hydrogens (tertiary/aromatic N) is 3. The van der Waals surface area contributed by atoms with Gasteiger partial charge >= 0.3 is 0 Å². The Morgan fingerprint density at radius 1 is 1.24 bits per heavy atom. The Balaban J connectivity index is 1.65. The van der Waals surface area contributed by atoms with E-state index in [2.05, 4.69) is 21.5 Å². The lowest BCUT2D eigenvalue weighted by Crippen LogP contribution is -2.13. The van der Waals surface area contributed by atoms with Crippen LogP contribution in [0.15, 0.2) is 30.7 Å². The molecule has 1 unspecified atom stereocenters. The van der Waals surface area contributed by atoms with E-state index in [-0.39, 0.29) is 6.10 Å². The fourth-order valence-electron chi connectivity index (χ4n) is 3.19. The quantitative estimate of drug-likeness (QED) is 0.911. The topological polar surface area (TPSA) is 43.0 Å². The second kappa shape index (κ2) is 6.48. The minimum absolute atomic E-state index is 0.356. The van der Waals surface area contributed by atoms with Gasteiger partial charge in [0.1, 0.15) is 0 Å². The first-order valence-corrected chi connectivity index (χ1v) is 8.14. The maximum Gasteiger partial charge on any atom is 0.0821 e. The van der Waals surface area contributed by atoms with Gasteiger partial charge in [0, 0.05) is 18.6 Å². The molecule has 1 atom stereocenters. The molecule has 0 spiro atoms. The summed E-state index contributed by atoms with van der Waals surface area (Å²) in [5.74, 6) is 0. The van der Waals surface area contributed by atoms with E-state index in [9.17, 15) is 5.11 Å². The molecule has 0 aliphatic heterocycles. The van der Waals surface area contributed by atoms with Gasteiger partial charge in [0.25, 0.3) is 0 Å². The predicted octanol–water partition coefficient (Wildman–Crippen LogP) is 3.68. The van der Waals surface area contributed by atoms with Crippen molar-refractivity contribution >= 4 is 0 Å². The highest BCUT2D eigenvalue weighted by atomic mass is 16.3. The van der Waals surface area contributed by atoms with Crippen molar-refractivity contribution in [2.45, 2.75) is 64.1 Å². The summed E-state index contributed by atoms with van der Waals surface area (Å²) in [6.07, 6.45) is 13.1. The highest BCUT2D eigenvalue weighted by Gasteiger charge is 2.16. The highest BCUT2D eigenvalue weighted by Crippen LogP contribution is 2.27. The van der Waals surface area contributed by atoms with Crippen LogP contribution in [0.5, 0.6) is 0 Å². The van der Waals surface area contributed by atoms with Crippen LogP contribution in [0.1, 0.15) is 68.9 Å². The number of hydrogen-bond acceptors (Lipinski definition) is 2. The van der Waals surface area contributed by atoms with Crippen LogP contribution in [-0.2, 0) is 6.54 Å². The van der Waals surface area contributed by atoms with Crippen LogP contribution >= 0.6 is 0 Å². The zero-order valence-corrected chi connectivity index (χ0v) is 12.8. The first-order valence-electron chi connectivity index (χ1n) is 8.14. The van der Waals surface area contributed by atoms with Gasteiger partial charge in [0.05, 0.1) is 24.4 Å². The summed E-state index contributed by atoms with van der Waals surface area (Å²) < 4.78 is 4.25. The minimum Gasteiger partial charge on any atom is -0.388 e. The smallest absolute Gasteiger partial charge is 0.0821 e. The monoisotopic (exact) mass is 287 g/mol. The van der Waals surface area contributed by atoms with Crippen molar-refractivity contribution in [1.29, 1.82) is 0 Å². The van der Waals surface area contributed by atoms with Crippen LogP contribution in [0.4, 0.5) is 0 Å². The molecule has 0 radical (unpaired) electrons. The number of hydrogen-bond donors (Lipinski definition) is 1. The molecule has 1 N–H and O–H groups in total. The summed E-state index contributed by atoms with van der Waals surface area (Å²) in [6, 6.07) is 4.70. The largest absolute Gasteiger partial charge is 0.388 e. The lowest BCUT2D eigenvalue weighted by molar-refractivity contribution is 0.173. The molecular formula is C17H25N3O. The SMILES string of the molecule is CCC(O)c1ccn(Cc2ccn(C3CCCCC3)n2)c1. The third-order valence-electron chi connectivity index (χ3n) is 4.50. The molecule has 21 heavy (non-hydrogen) atoms. The predicted molar refractivity (Wildman–Crippen MR) is 83.1 cm³/mol. The molecular weight excluding hydrogens is 262 g/mol. The standard InChI is InChI=1S/C17H25N3O/c1-2-17(21)14-8-10-19(12-14)13-15-9-11-20(18-15)16-6-4-3-5-7-16/h8-12,16-17,21H,2-7,13H2,1H3. The Labute approximate surface area is 126 Å². The van der Waals surface area contributed by atoms with E-state index >= 15 is 0 Å². The van der Waals surface area contributed by atoms with Gasteiger partial charge in [0.2, 0.25) is 0 Å². The summed E-state index contributed by atoms with van der Waals surface area (Å²) in [4.78, 5) is 0. The maximum atomic E-state index is 9.85. The van der Waals surface area contributed by atoms with E-state index in [1.807, 2.05) is 25.4 Å². The molecule has 1 aliphatic rings. The molecule has 1 saturated carbocycles. The number of aliphatic hydroxyl groups is 1. The Bertz CT molecular complexity index is 566. The van der Waals surface area contributed by atoms with Gasteiger partial charge in [-0.15, -0.1) is 0 Å². The second-order valence-corrected chi connectivity index (χ2v) is 6.12. The van der Waals surface area contributed by atoms with Crippen LogP contribution in [0.2, 0.25) is 0 Å². The van der Waals surface area contributed by atoms with Crippen molar-refractivity contribution in [2.24, 2.45) is 0 Å². The fraction of sp³-hybridized carbons (Fsp3) is 0.588. The van der Waals surface area contributed by atoms with Crippen molar-refractivity contribution < 1.29 is 5.11 Å². The summed E-state index contributed by atoms with van der Waals surface area (Å²) >= 11 is 0. The van der Waals surface area contributed by atoms with Gasteiger partial charge in [-0.25, -0.2) is 0 Å². The summed E-state index contributed by atoms with van der Waals surface area (Å²) in [5, 5.41) is 14.6. The van der Waals surface area contributed by atoms with E-state index in [0.29, 0.717) is 6.04 Å². The van der Waals surface area contributed by atoms with E-state index in [1.54, 1.807) is 0 Å². The molecule has 4 heteroatoms. The lowest BCUT2D eigenvalue weighted by atomic mass is 9.96. The minimum atomic E-state index is -0.356. The average molecular weight is 287 g/mol. The molecule has 3 rings (SSSR count). The lowest BCUT2D eigenvalue weighted by Gasteiger charge is -2.21. The molecule has 0 bridgehead atoms. The zero-order chi connectivity index (χ0) is 14.7. The molecule has 0 aromatic carbocycles. The molecule has 2 heterocycles. The van der Waals surface area contributed by atoms with Crippen LogP contribution in [0.3, 0.4) is 0 Å². The Morgan fingerprint density at radius 3 is 2.81 bits per heavy atom. The Morgan fingerprint density at radius 2 is 2.05 bits per heavy atom.